The molecule has 0 unspecified atom stereocenters. The van der Waals surface area contributed by atoms with Crippen LogP contribution in [0.1, 0.15) is 18.5 Å². The van der Waals surface area contributed by atoms with Gasteiger partial charge in [0.05, 0.1) is 18.9 Å². The number of carbonyl (C=O) groups is 1. The number of Topliss-reactive ketones (excluding diaryl/α,β-unsaturated/α-hetero) is 1. The third kappa shape index (κ3) is 2.10. The van der Waals surface area contributed by atoms with E-state index in [1.54, 1.807) is 0 Å². The molecule has 1 aliphatic rings. The number of piperidine rings is 1. The third-order valence-corrected chi connectivity index (χ3v) is 2.33. The molecule has 0 aliphatic carbocycles. The Hall–Kier alpha value is -1.96. The van der Waals surface area contributed by atoms with Crippen LogP contribution in [-0.4, -0.2) is 28.8 Å². The van der Waals surface area contributed by atoms with Gasteiger partial charge in [-0.1, -0.05) is 0 Å². The minimum atomic E-state index is 0.229. The Labute approximate surface area is 87.4 Å². The molecular weight excluding hydrogens is 192 g/mol. The van der Waals surface area contributed by atoms with E-state index in [0.29, 0.717) is 24.5 Å². The van der Waals surface area contributed by atoms with E-state index in [1.165, 1.54) is 12.4 Å². The lowest BCUT2D eigenvalue weighted by Crippen LogP contribution is -2.36. The van der Waals surface area contributed by atoms with Gasteiger partial charge in [-0.15, -0.1) is 0 Å². The number of hydrogen-bond donors (Lipinski definition) is 0. The lowest BCUT2D eigenvalue weighted by atomic mass is 10.1. The molecule has 1 aromatic rings. The second-order valence-electron chi connectivity index (χ2n) is 3.44. The summed E-state index contributed by atoms with van der Waals surface area (Å²) in [6.45, 7) is 1.23. The highest BCUT2D eigenvalue weighted by Gasteiger charge is 2.17. The number of nitrogens with zero attached hydrogens (tertiary/aromatic N) is 4. The van der Waals surface area contributed by atoms with Crippen molar-refractivity contribution in [2.24, 2.45) is 0 Å². The first-order chi connectivity index (χ1) is 7.29. The fraction of sp³-hybridized carbons (Fsp3) is 0.400. The molecule has 5 nitrogen and oxygen atoms in total. The normalized spacial score (nSPS) is 16.2. The lowest BCUT2D eigenvalue weighted by Gasteiger charge is -2.26. The van der Waals surface area contributed by atoms with Crippen molar-refractivity contribution in [1.82, 2.24) is 9.97 Å². The first kappa shape index (κ1) is 9.59. The minimum Gasteiger partial charge on any atom is -0.348 e. The van der Waals surface area contributed by atoms with E-state index in [4.69, 9.17) is 5.26 Å². The highest BCUT2D eigenvalue weighted by molar-refractivity contribution is 5.84. The predicted molar refractivity (Wildman–Crippen MR) is 53.2 cm³/mol. The average Bonchev–Trinajstić information content (AvgIpc) is 2.29. The number of nitriles is 1. The summed E-state index contributed by atoms with van der Waals surface area (Å²) >= 11 is 0. The van der Waals surface area contributed by atoms with Gasteiger partial charge in [-0.3, -0.25) is 4.79 Å². The fourth-order valence-corrected chi connectivity index (χ4v) is 1.58. The molecule has 0 atom stereocenters. The van der Waals surface area contributed by atoms with Crippen LogP contribution in [0.4, 0.5) is 5.82 Å². The highest BCUT2D eigenvalue weighted by atomic mass is 16.1. The smallest absolute Gasteiger partial charge is 0.158 e. The van der Waals surface area contributed by atoms with E-state index >= 15 is 0 Å². The molecule has 0 aromatic carbocycles. The number of aromatic nitrogens is 2. The number of rotatable bonds is 1. The van der Waals surface area contributed by atoms with Gasteiger partial charge in [0.15, 0.2) is 11.5 Å². The van der Waals surface area contributed by atoms with Crippen molar-refractivity contribution in [2.45, 2.75) is 12.8 Å². The van der Waals surface area contributed by atoms with Gasteiger partial charge < -0.3 is 4.90 Å². The van der Waals surface area contributed by atoms with Crippen molar-refractivity contribution < 1.29 is 4.79 Å². The zero-order valence-electron chi connectivity index (χ0n) is 8.18. The Morgan fingerprint density at radius 3 is 2.87 bits per heavy atom. The molecule has 76 valence electrons. The van der Waals surface area contributed by atoms with Crippen molar-refractivity contribution >= 4 is 11.6 Å². The summed E-state index contributed by atoms with van der Waals surface area (Å²) in [5, 5.41) is 8.56. The van der Waals surface area contributed by atoms with Crippen molar-refractivity contribution in [3.8, 4) is 6.07 Å². The summed E-state index contributed by atoms with van der Waals surface area (Å²) in [6, 6.07) is 1.91. The number of carbonyl (C=O) groups excluding carboxylic acids is 1. The molecule has 0 radical (unpaired) electrons. The number of hydrogen-bond acceptors (Lipinski definition) is 5. The number of ketones is 1. The minimum absolute atomic E-state index is 0.229. The molecular formula is C10H10N4O. The van der Waals surface area contributed by atoms with E-state index in [2.05, 4.69) is 9.97 Å². The van der Waals surface area contributed by atoms with Gasteiger partial charge in [0, 0.05) is 13.0 Å². The molecule has 1 saturated heterocycles. The summed E-state index contributed by atoms with van der Waals surface area (Å²) < 4.78 is 0. The van der Waals surface area contributed by atoms with Gasteiger partial charge in [-0.05, 0) is 6.42 Å². The van der Waals surface area contributed by atoms with Crippen LogP contribution < -0.4 is 4.90 Å². The Morgan fingerprint density at radius 1 is 1.40 bits per heavy atom. The van der Waals surface area contributed by atoms with E-state index in [1.807, 2.05) is 11.0 Å². The first-order valence-corrected chi connectivity index (χ1v) is 4.78. The molecule has 2 heterocycles. The maximum Gasteiger partial charge on any atom is 0.158 e. The summed E-state index contributed by atoms with van der Waals surface area (Å²) in [4.78, 5) is 21.1. The predicted octanol–water partition coefficient (Wildman–Crippen LogP) is 0.518. The molecule has 5 heteroatoms. The van der Waals surface area contributed by atoms with Crippen LogP contribution in [0, 0.1) is 11.3 Å². The Kier molecular flexibility index (Phi) is 2.59. The van der Waals surface area contributed by atoms with Crippen LogP contribution in [0.2, 0.25) is 0 Å². The Balaban J connectivity index is 2.15. The van der Waals surface area contributed by atoms with Crippen molar-refractivity contribution in [3.63, 3.8) is 0 Å². The molecule has 15 heavy (non-hydrogen) atoms. The summed E-state index contributed by atoms with van der Waals surface area (Å²) in [7, 11) is 0. The van der Waals surface area contributed by atoms with Crippen LogP contribution in [0.5, 0.6) is 0 Å². The fourth-order valence-electron chi connectivity index (χ4n) is 1.58. The van der Waals surface area contributed by atoms with Crippen LogP contribution in [0.15, 0.2) is 12.4 Å². The zero-order chi connectivity index (χ0) is 10.7. The summed E-state index contributed by atoms with van der Waals surface area (Å²) in [6.07, 6.45) is 4.48. The second-order valence-corrected chi connectivity index (χ2v) is 3.44. The molecule has 0 amide bonds. The average molecular weight is 202 g/mol. The van der Waals surface area contributed by atoms with Crippen LogP contribution >= 0.6 is 0 Å². The van der Waals surface area contributed by atoms with Crippen LogP contribution in [-0.2, 0) is 4.79 Å². The quantitative estimate of drug-likeness (QED) is 0.663. The topological polar surface area (TPSA) is 69.9 Å². The van der Waals surface area contributed by atoms with Crippen molar-refractivity contribution in [1.29, 1.82) is 5.26 Å². The van der Waals surface area contributed by atoms with Crippen molar-refractivity contribution in [3.05, 3.63) is 18.1 Å². The molecule has 1 fully saturated rings. The number of anilines is 1. The van der Waals surface area contributed by atoms with Gasteiger partial charge in [0.1, 0.15) is 11.9 Å². The maximum atomic E-state index is 11.2. The second kappa shape index (κ2) is 4.05. The van der Waals surface area contributed by atoms with E-state index in [-0.39, 0.29) is 5.78 Å². The molecule has 1 aliphatic heterocycles. The SMILES string of the molecule is N#Cc1cnc(N2CCCC(=O)C2)cn1. The van der Waals surface area contributed by atoms with Crippen LogP contribution in [0.25, 0.3) is 0 Å². The molecule has 2 rings (SSSR count). The summed E-state index contributed by atoms with van der Waals surface area (Å²) in [5.41, 5.74) is 0.294. The first-order valence-electron chi connectivity index (χ1n) is 4.78. The maximum absolute atomic E-state index is 11.2. The van der Waals surface area contributed by atoms with Crippen LogP contribution in [0.3, 0.4) is 0 Å². The lowest BCUT2D eigenvalue weighted by molar-refractivity contribution is -0.118. The van der Waals surface area contributed by atoms with E-state index in [0.717, 1.165) is 13.0 Å². The van der Waals surface area contributed by atoms with Gasteiger partial charge >= 0.3 is 0 Å². The highest BCUT2D eigenvalue weighted by Crippen LogP contribution is 2.14. The van der Waals surface area contributed by atoms with Gasteiger partial charge in [0.2, 0.25) is 0 Å². The summed E-state index contributed by atoms with van der Waals surface area (Å²) in [5.74, 6) is 0.898. The molecule has 0 N–H and O–H groups in total. The Morgan fingerprint density at radius 2 is 2.27 bits per heavy atom. The monoisotopic (exact) mass is 202 g/mol. The van der Waals surface area contributed by atoms with E-state index in [9.17, 15) is 4.79 Å². The Bertz CT molecular complexity index is 406. The zero-order valence-corrected chi connectivity index (χ0v) is 8.18. The van der Waals surface area contributed by atoms with Gasteiger partial charge in [-0.2, -0.15) is 5.26 Å². The standard InChI is InChI=1S/C10H10N4O/c11-4-8-5-13-10(6-12-8)14-3-1-2-9(15)7-14/h5-6H,1-3,7H2. The molecule has 1 aromatic heterocycles. The largest absolute Gasteiger partial charge is 0.348 e. The molecule has 0 spiro atoms. The van der Waals surface area contributed by atoms with Crippen molar-refractivity contribution in [2.75, 3.05) is 18.0 Å². The molecule has 0 bridgehead atoms. The van der Waals surface area contributed by atoms with Gasteiger partial charge in [-0.25, -0.2) is 9.97 Å². The van der Waals surface area contributed by atoms with E-state index < -0.39 is 0 Å². The van der Waals surface area contributed by atoms with Gasteiger partial charge in [0.25, 0.3) is 0 Å². The molecule has 0 saturated carbocycles. The third-order valence-electron chi connectivity index (χ3n) is 2.33.